The second-order valence-electron chi connectivity index (χ2n) is 4.91. The van der Waals surface area contributed by atoms with Crippen LogP contribution in [0.4, 0.5) is 5.69 Å². The molecule has 3 nitrogen and oxygen atoms in total. The van der Waals surface area contributed by atoms with Crippen molar-refractivity contribution in [3.63, 3.8) is 0 Å². The van der Waals surface area contributed by atoms with Crippen LogP contribution in [0.5, 0.6) is 0 Å². The van der Waals surface area contributed by atoms with Gasteiger partial charge < -0.3 is 10.8 Å². The highest BCUT2D eigenvalue weighted by atomic mass is 79.9. The molecule has 0 spiro atoms. The molecule has 1 aromatic carbocycles. The third-order valence-corrected chi connectivity index (χ3v) is 3.90. The van der Waals surface area contributed by atoms with Crippen LogP contribution in [0.2, 0.25) is 0 Å². The van der Waals surface area contributed by atoms with Crippen LogP contribution < -0.4 is 5.73 Å². The minimum atomic E-state index is -0.805. The molecule has 0 saturated heterocycles. The Kier molecular flexibility index (Phi) is 5.20. The van der Waals surface area contributed by atoms with Crippen molar-refractivity contribution >= 4 is 27.6 Å². The Morgan fingerprint density at radius 1 is 1.44 bits per heavy atom. The lowest BCUT2D eigenvalue weighted by Gasteiger charge is -2.27. The molecule has 0 radical (unpaired) electrons. The van der Waals surface area contributed by atoms with Crippen LogP contribution in [-0.2, 0) is 4.79 Å². The van der Waals surface area contributed by atoms with Crippen LogP contribution in [0.1, 0.15) is 38.7 Å². The Morgan fingerprint density at radius 2 is 2.06 bits per heavy atom. The molecule has 18 heavy (non-hydrogen) atoms. The Balaban J connectivity index is 3.27. The van der Waals surface area contributed by atoms with E-state index in [4.69, 9.17) is 5.73 Å². The number of benzene rings is 1. The third-order valence-electron chi connectivity index (χ3n) is 3.41. The number of carbonyl (C=O) groups is 1. The molecular weight excluding hydrogens is 294 g/mol. The first-order valence-corrected chi connectivity index (χ1v) is 6.95. The third kappa shape index (κ3) is 3.25. The van der Waals surface area contributed by atoms with E-state index < -0.39 is 11.9 Å². The summed E-state index contributed by atoms with van der Waals surface area (Å²) in [6.45, 7) is 6.13. The van der Waals surface area contributed by atoms with Gasteiger partial charge in [-0.1, -0.05) is 43.1 Å². The summed E-state index contributed by atoms with van der Waals surface area (Å²) in [7, 11) is 0. The Bertz CT molecular complexity index is 432. The maximum atomic E-state index is 11.6. The molecule has 0 amide bonds. The van der Waals surface area contributed by atoms with Gasteiger partial charge in [0.15, 0.2) is 0 Å². The average Bonchev–Trinajstić information content (AvgIpc) is 2.28. The van der Waals surface area contributed by atoms with Gasteiger partial charge in [0.1, 0.15) is 0 Å². The lowest BCUT2D eigenvalue weighted by Crippen LogP contribution is -2.26. The highest BCUT2D eigenvalue weighted by Crippen LogP contribution is 2.36. The van der Waals surface area contributed by atoms with Crippen molar-refractivity contribution < 1.29 is 9.90 Å². The number of nitrogens with two attached hydrogens (primary N) is 1. The molecular formula is C14H20BrNO2. The van der Waals surface area contributed by atoms with Gasteiger partial charge >= 0.3 is 5.97 Å². The van der Waals surface area contributed by atoms with Crippen molar-refractivity contribution in [1.29, 1.82) is 0 Å². The summed E-state index contributed by atoms with van der Waals surface area (Å²) in [6, 6.07) is 5.40. The Morgan fingerprint density at radius 3 is 2.50 bits per heavy atom. The van der Waals surface area contributed by atoms with Gasteiger partial charge in [0.05, 0.1) is 5.92 Å². The van der Waals surface area contributed by atoms with E-state index in [0.717, 1.165) is 10.9 Å². The van der Waals surface area contributed by atoms with Gasteiger partial charge in [-0.15, -0.1) is 0 Å². The van der Waals surface area contributed by atoms with Crippen molar-refractivity contribution in [3.05, 3.63) is 28.2 Å². The lowest BCUT2D eigenvalue weighted by molar-refractivity contribution is -0.140. The number of hydrogen-bond donors (Lipinski definition) is 2. The number of hydrogen-bond acceptors (Lipinski definition) is 2. The SMILES string of the molecule is CCC(C(C)C)C(C(=O)O)c1cc(Br)ccc1N. The van der Waals surface area contributed by atoms with E-state index in [1.165, 1.54) is 0 Å². The zero-order valence-electron chi connectivity index (χ0n) is 11.0. The summed E-state index contributed by atoms with van der Waals surface area (Å²) in [5.41, 5.74) is 7.19. The molecule has 0 saturated carbocycles. The molecule has 1 rings (SSSR count). The average molecular weight is 314 g/mol. The number of anilines is 1. The van der Waals surface area contributed by atoms with Crippen LogP contribution in [0.15, 0.2) is 22.7 Å². The van der Waals surface area contributed by atoms with Gasteiger partial charge in [-0.2, -0.15) is 0 Å². The van der Waals surface area contributed by atoms with Gasteiger partial charge in [0.2, 0.25) is 0 Å². The van der Waals surface area contributed by atoms with Crippen molar-refractivity contribution in [1.82, 2.24) is 0 Å². The largest absolute Gasteiger partial charge is 0.481 e. The number of nitrogen functional groups attached to an aromatic ring is 1. The van der Waals surface area contributed by atoms with Crippen molar-refractivity contribution in [3.8, 4) is 0 Å². The molecule has 100 valence electrons. The monoisotopic (exact) mass is 313 g/mol. The molecule has 0 aliphatic rings. The number of rotatable bonds is 5. The predicted molar refractivity (Wildman–Crippen MR) is 77.6 cm³/mol. The van der Waals surface area contributed by atoms with Gasteiger partial charge in [-0.05, 0) is 35.6 Å². The fraction of sp³-hybridized carbons (Fsp3) is 0.500. The van der Waals surface area contributed by atoms with Crippen LogP contribution in [0.25, 0.3) is 0 Å². The number of halogens is 1. The first-order chi connectivity index (χ1) is 8.38. The van der Waals surface area contributed by atoms with Crippen LogP contribution in [0, 0.1) is 11.8 Å². The van der Waals surface area contributed by atoms with Crippen LogP contribution in [0.3, 0.4) is 0 Å². The van der Waals surface area contributed by atoms with E-state index in [2.05, 4.69) is 29.8 Å². The first kappa shape index (κ1) is 15.0. The predicted octanol–water partition coefficient (Wildman–Crippen LogP) is 3.88. The highest BCUT2D eigenvalue weighted by molar-refractivity contribution is 9.10. The molecule has 4 heteroatoms. The van der Waals surface area contributed by atoms with Crippen molar-refractivity contribution in [2.75, 3.05) is 5.73 Å². The van der Waals surface area contributed by atoms with Crippen LogP contribution >= 0.6 is 15.9 Å². The van der Waals surface area contributed by atoms with E-state index in [1.54, 1.807) is 6.07 Å². The molecule has 0 bridgehead atoms. The van der Waals surface area contributed by atoms with Gasteiger partial charge in [-0.3, -0.25) is 4.79 Å². The summed E-state index contributed by atoms with van der Waals surface area (Å²) in [5.74, 6) is -0.971. The highest BCUT2D eigenvalue weighted by Gasteiger charge is 2.32. The fourth-order valence-corrected chi connectivity index (χ4v) is 2.83. The molecule has 0 heterocycles. The first-order valence-electron chi connectivity index (χ1n) is 6.16. The summed E-state index contributed by atoms with van der Waals surface area (Å²) in [5, 5.41) is 9.52. The Labute approximate surface area is 117 Å². The lowest BCUT2D eigenvalue weighted by atomic mass is 9.77. The zero-order valence-corrected chi connectivity index (χ0v) is 12.6. The maximum Gasteiger partial charge on any atom is 0.311 e. The minimum absolute atomic E-state index is 0.0825. The molecule has 0 aliphatic heterocycles. The summed E-state index contributed by atoms with van der Waals surface area (Å²) >= 11 is 3.37. The Hall–Kier alpha value is -1.03. The number of aliphatic carboxylic acids is 1. The van der Waals surface area contributed by atoms with E-state index in [9.17, 15) is 9.90 Å². The fourth-order valence-electron chi connectivity index (χ4n) is 2.45. The normalized spacial score (nSPS) is 14.5. The maximum absolute atomic E-state index is 11.6. The quantitative estimate of drug-likeness (QED) is 0.811. The van der Waals surface area contributed by atoms with Crippen LogP contribution in [-0.4, -0.2) is 11.1 Å². The van der Waals surface area contributed by atoms with Crippen molar-refractivity contribution in [2.24, 2.45) is 11.8 Å². The van der Waals surface area contributed by atoms with Crippen molar-refractivity contribution in [2.45, 2.75) is 33.1 Å². The van der Waals surface area contributed by atoms with Gasteiger partial charge in [0, 0.05) is 10.2 Å². The smallest absolute Gasteiger partial charge is 0.311 e. The molecule has 3 N–H and O–H groups in total. The molecule has 0 fully saturated rings. The van der Waals surface area contributed by atoms with E-state index in [1.807, 2.05) is 19.1 Å². The minimum Gasteiger partial charge on any atom is -0.481 e. The second kappa shape index (κ2) is 6.23. The second-order valence-corrected chi connectivity index (χ2v) is 5.82. The van der Waals surface area contributed by atoms with E-state index in [0.29, 0.717) is 17.2 Å². The van der Waals surface area contributed by atoms with Gasteiger partial charge in [-0.25, -0.2) is 0 Å². The van der Waals surface area contributed by atoms with E-state index >= 15 is 0 Å². The zero-order chi connectivity index (χ0) is 13.9. The summed E-state index contributed by atoms with van der Waals surface area (Å²) in [4.78, 5) is 11.6. The standard InChI is InChI=1S/C14H20BrNO2/c1-4-10(8(2)3)13(14(17)18)11-7-9(15)5-6-12(11)16/h5-8,10,13H,4,16H2,1-3H3,(H,17,18). The molecule has 0 aliphatic carbocycles. The number of carboxylic acid groups (broad SMARTS) is 1. The molecule has 1 aromatic rings. The van der Waals surface area contributed by atoms with E-state index in [-0.39, 0.29) is 5.92 Å². The number of carboxylic acids is 1. The molecule has 0 aromatic heterocycles. The summed E-state index contributed by atoms with van der Waals surface area (Å²) < 4.78 is 0.858. The summed E-state index contributed by atoms with van der Waals surface area (Å²) in [6.07, 6.45) is 0.820. The molecule has 2 atom stereocenters. The molecule has 2 unspecified atom stereocenters. The topological polar surface area (TPSA) is 63.3 Å². The van der Waals surface area contributed by atoms with Gasteiger partial charge in [0.25, 0.3) is 0 Å².